The number of hydrogen-bond acceptors (Lipinski definition) is 4. The van der Waals surface area contributed by atoms with Gasteiger partial charge in [0.15, 0.2) is 4.96 Å². The quantitative estimate of drug-likeness (QED) is 0.889. The van der Waals surface area contributed by atoms with Crippen LogP contribution in [0.3, 0.4) is 0 Å². The summed E-state index contributed by atoms with van der Waals surface area (Å²) in [5, 5.41) is 5.74. The second-order valence-electron chi connectivity index (χ2n) is 6.62. The summed E-state index contributed by atoms with van der Waals surface area (Å²) in [6.07, 6.45) is 8.69. The second kappa shape index (κ2) is 5.66. The predicted molar refractivity (Wildman–Crippen MR) is 86.8 cm³/mol. The number of nitrogens with one attached hydrogen (secondary N) is 1. The van der Waals surface area contributed by atoms with Crippen LogP contribution in [0.1, 0.15) is 55.8 Å². The van der Waals surface area contributed by atoms with Gasteiger partial charge in [0.05, 0.1) is 11.4 Å². The van der Waals surface area contributed by atoms with Gasteiger partial charge in [-0.3, -0.25) is 9.20 Å². The van der Waals surface area contributed by atoms with E-state index in [1.165, 1.54) is 24.2 Å². The van der Waals surface area contributed by atoms with Crippen molar-refractivity contribution in [3.8, 4) is 0 Å². The second-order valence-corrected chi connectivity index (χ2v) is 7.49. The molecule has 5 nitrogen and oxygen atoms in total. The first-order chi connectivity index (χ1) is 10.7. The highest BCUT2D eigenvalue weighted by molar-refractivity contribution is 7.15. The number of aromatic nitrogens is 2. The fraction of sp³-hybridized carbons (Fsp3) is 0.625. The van der Waals surface area contributed by atoms with Crippen LogP contribution in [0.5, 0.6) is 0 Å². The number of rotatable bonds is 5. The normalized spacial score (nSPS) is 25.6. The Balaban J connectivity index is 1.48. The first-order valence-electron chi connectivity index (χ1n) is 8.19. The molecule has 22 heavy (non-hydrogen) atoms. The van der Waals surface area contributed by atoms with Crippen LogP contribution < -0.4 is 11.1 Å². The Morgan fingerprint density at radius 1 is 1.41 bits per heavy atom. The van der Waals surface area contributed by atoms with E-state index in [-0.39, 0.29) is 11.8 Å². The molecule has 0 aliphatic heterocycles. The number of primary amides is 1. The van der Waals surface area contributed by atoms with E-state index in [1.54, 1.807) is 11.3 Å². The standard InChI is InChI=1S/C16H22N4OS/c17-15(21)11-2-1-3-12(8-11)18-9-13-14(10-4-5-10)19-16-20(13)6-7-22-16/h6-7,10-12,18H,1-5,8-9H2,(H2,17,21)/t11-,12+/m1/s1. The third-order valence-electron chi connectivity index (χ3n) is 4.99. The Bertz CT molecular complexity index is 687. The van der Waals surface area contributed by atoms with Crippen molar-refractivity contribution in [1.82, 2.24) is 14.7 Å². The van der Waals surface area contributed by atoms with Crippen molar-refractivity contribution in [2.75, 3.05) is 0 Å². The van der Waals surface area contributed by atoms with Gasteiger partial charge in [0.25, 0.3) is 0 Å². The predicted octanol–water partition coefficient (Wildman–Crippen LogP) is 2.41. The van der Waals surface area contributed by atoms with Crippen LogP contribution in [0, 0.1) is 5.92 Å². The molecule has 2 aliphatic rings. The lowest BCUT2D eigenvalue weighted by molar-refractivity contribution is -0.122. The summed E-state index contributed by atoms with van der Waals surface area (Å²) >= 11 is 1.70. The molecule has 0 saturated heterocycles. The van der Waals surface area contributed by atoms with E-state index in [0.717, 1.165) is 37.2 Å². The third kappa shape index (κ3) is 2.65. The molecular formula is C16H22N4OS. The molecule has 118 valence electrons. The van der Waals surface area contributed by atoms with E-state index in [2.05, 4.69) is 21.3 Å². The van der Waals surface area contributed by atoms with Crippen LogP contribution in [0.4, 0.5) is 0 Å². The van der Waals surface area contributed by atoms with Crippen molar-refractivity contribution in [3.63, 3.8) is 0 Å². The molecule has 4 rings (SSSR count). The summed E-state index contributed by atoms with van der Waals surface area (Å²) in [7, 11) is 0. The Labute approximate surface area is 133 Å². The van der Waals surface area contributed by atoms with E-state index in [1.807, 2.05) is 0 Å². The Hall–Kier alpha value is -1.40. The van der Waals surface area contributed by atoms with Crippen molar-refractivity contribution < 1.29 is 4.79 Å². The molecule has 2 aromatic rings. The lowest BCUT2D eigenvalue weighted by Gasteiger charge is -2.28. The van der Waals surface area contributed by atoms with Crippen molar-refractivity contribution in [2.24, 2.45) is 11.7 Å². The summed E-state index contributed by atoms with van der Waals surface area (Å²) in [6, 6.07) is 0.391. The summed E-state index contributed by atoms with van der Waals surface area (Å²) in [5.74, 6) is 0.559. The van der Waals surface area contributed by atoms with Crippen LogP contribution in [0.2, 0.25) is 0 Å². The van der Waals surface area contributed by atoms with Gasteiger partial charge in [-0.25, -0.2) is 4.98 Å². The number of nitrogens with two attached hydrogens (primary N) is 1. The highest BCUT2D eigenvalue weighted by Crippen LogP contribution is 2.41. The summed E-state index contributed by atoms with van der Waals surface area (Å²) in [6.45, 7) is 0.833. The average molecular weight is 318 g/mol. The van der Waals surface area contributed by atoms with Gasteiger partial charge in [-0.05, 0) is 32.1 Å². The molecule has 2 aliphatic carbocycles. The molecule has 1 amide bonds. The average Bonchev–Trinajstić information content (AvgIpc) is 3.16. The first kappa shape index (κ1) is 14.2. The van der Waals surface area contributed by atoms with Crippen LogP contribution >= 0.6 is 11.3 Å². The van der Waals surface area contributed by atoms with Gasteiger partial charge >= 0.3 is 0 Å². The summed E-state index contributed by atoms with van der Waals surface area (Å²) in [5.41, 5.74) is 8.06. The van der Waals surface area contributed by atoms with E-state index >= 15 is 0 Å². The van der Waals surface area contributed by atoms with Gasteiger partial charge in [-0.2, -0.15) is 0 Å². The van der Waals surface area contributed by atoms with Crippen molar-refractivity contribution >= 4 is 22.2 Å². The van der Waals surface area contributed by atoms with Crippen LogP contribution in [-0.4, -0.2) is 21.3 Å². The Morgan fingerprint density at radius 3 is 3.05 bits per heavy atom. The zero-order valence-electron chi connectivity index (χ0n) is 12.6. The lowest BCUT2D eigenvalue weighted by Crippen LogP contribution is -2.38. The maximum Gasteiger partial charge on any atom is 0.220 e. The number of fused-ring (bicyclic) bond motifs is 1. The van der Waals surface area contributed by atoms with E-state index in [4.69, 9.17) is 10.7 Å². The number of carbonyl (C=O) groups is 1. The first-order valence-corrected chi connectivity index (χ1v) is 9.07. The number of nitrogens with zero attached hydrogens (tertiary/aromatic N) is 2. The molecule has 2 aromatic heterocycles. The van der Waals surface area contributed by atoms with Gasteiger partial charge in [0.2, 0.25) is 5.91 Å². The number of amides is 1. The van der Waals surface area contributed by atoms with Gasteiger partial charge in [0, 0.05) is 36.0 Å². The zero-order valence-corrected chi connectivity index (χ0v) is 13.4. The Morgan fingerprint density at radius 2 is 2.27 bits per heavy atom. The summed E-state index contributed by atoms with van der Waals surface area (Å²) in [4.78, 5) is 17.3. The zero-order chi connectivity index (χ0) is 15.1. The molecule has 2 fully saturated rings. The van der Waals surface area contributed by atoms with Gasteiger partial charge in [-0.1, -0.05) is 6.42 Å². The minimum Gasteiger partial charge on any atom is -0.369 e. The fourth-order valence-electron chi connectivity index (χ4n) is 3.58. The minimum atomic E-state index is -0.144. The largest absolute Gasteiger partial charge is 0.369 e. The highest BCUT2D eigenvalue weighted by Gasteiger charge is 2.31. The smallest absolute Gasteiger partial charge is 0.220 e. The van der Waals surface area contributed by atoms with Crippen LogP contribution in [-0.2, 0) is 11.3 Å². The molecule has 0 bridgehead atoms. The molecule has 3 N–H and O–H groups in total. The maximum absolute atomic E-state index is 11.4. The molecule has 0 aromatic carbocycles. The van der Waals surface area contributed by atoms with Gasteiger partial charge < -0.3 is 11.1 Å². The van der Waals surface area contributed by atoms with Crippen molar-refractivity contribution in [3.05, 3.63) is 23.0 Å². The third-order valence-corrected chi connectivity index (χ3v) is 5.75. The van der Waals surface area contributed by atoms with Gasteiger partial charge in [-0.15, -0.1) is 11.3 Å². The summed E-state index contributed by atoms with van der Waals surface area (Å²) < 4.78 is 2.22. The van der Waals surface area contributed by atoms with E-state index < -0.39 is 0 Å². The molecular weight excluding hydrogens is 296 g/mol. The van der Waals surface area contributed by atoms with E-state index in [0.29, 0.717) is 12.0 Å². The highest BCUT2D eigenvalue weighted by atomic mass is 32.1. The lowest BCUT2D eigenvalue weighted by atomic mass is 9.85. The maximum atomic E-state index is 11.4. The number of thiazole rings is 1. The SMILES string of the molecule is NC(=O)[C@@H]1CCC[C@H](NCc2c(C3CC3)nc3sccn23)C1. The molecule has 2 saturated carbocycles. The van der Waals surface area contributed by atoms with Crippen molar-refractivity contribution in [1.29, 1.82) is 0 Å². The number of imidazole rings is 1. The molecule has 0 spiro atoms. The van der Waals surface area contributed by atoms with Gasteiger partial charge in [0.1, 0.15) is 0 Å². The van der Waals surface area contributed by atoms with Crippen LogP contribution in [0.25, 0.3) is 4.96 Å². The molecule has 0 unspecified atom stereocenters. The topological polar surface area (TPSA) is 72.4 Å². The van der Waals surface area contributed by atoms with Crippen LogP contribution in [0.15, 0.2) is 11.6 Å². The molecule has 2 heterocycles. The molecule has 6 heteroatoms. The molecule has 2 atom stereocenters. The minimum absolute atomic E-state index is 0.0424. The Kier molecular flexibility index (Phi) is 3.66. The van der Waals surface area contributed by atoms with Crippen molar-refractivity contribution in [2.45, 2.75) is 57.0 Å². The number of hydrogen-bond donors (Lipinski definition) is 2. The molecule has 0 radical (unpaired) electrons. The monoisotopic (exact) mass is 318 g/mol. The fourth-order valence-corrected chi connectivity index (χ4v) is 4.32. The van der Waals surface area contributed by atoms with E-state index in [9.17, 15) is 4.79 Å². The number of carbonyl (C=O) groups excluding carboxylic acids is 1.